The Balaban J connectivity index is 1.49. The molecule has 0 saturated carbocycles. The Kier molecular flexibility index (Phi) is 19.0. The fourth-order valence-electron chi connectivity index (χ4n) is 9.34. The predicted molar refractivity (Wildman–Crippen MR) is 275 cm³/mol. The molecule has 0 saturated heterocycles. The van der Waals surface area contributed by atoms with Crippen LogP contribution in [-0.4, -0.2) is 19.0 Å². The molecule has 0 spiro atoms. The molecule has 3 unspecified atom stereocenters. The number of thiophene rings is 4. The van der Waals surface area contributed by atoms with Crippen molar-refractivity contribution in [2.45, 2.75) is 184 Å². The molecule has 62 heavy (non-hydrogen) atoms. The molecule has 8 heteroatoms. The van der Waals surface area contributed by atoms with E-state index in [0.29, 0.717) is 28.7 Å². The summed E-state index contributed by atoms with van der Waals surface area (Å²) in [4.78, 5) is 18.5. The molecule has 0 fully saturated rings. The molecule has 4 heterocycles. The Morgan fingerprint density at radius 1 is 0.581 bits per heavy atom. The van der Waals surface area contributed by atoms with Crippen LogP contribution in [-0.2, 0) is 0 Å². The van der Waals surface area contributed by atoms with E-state index >= 15 is 4.39 Å². The lowest BCUT2D eigenvalue weighted by atomic mass is 9.93. The quantitative estimate of drug-likeness (QED) is 0.0347. The molecule has 3 atom stereocenters. The topological polar surface area (TPSA) is 35.5 Å². The number of unbranched alkanes of at least 4 members (excludes halogenated alkanes) is 9. The van der Waals surface area contributed by atoms with Crippen molar-refractivity contribution in [3.63, 3.8) is 0 Å². The van der Waals surface area contributed by atoms with Crippen molar-refractivity contribution in [2.75, 3.05) is 13.2 Å². The van der Waals surface area contributed by atoms with E-state index < -0.39 is 0 Å². The molecule has 0 radical (unpaired) electrons. The van der Waals surface area contributed by atoms with Crippen LogP contribution in [0, 0.1) is 37.4 Å². The first-order chi connectivity index (χ1) is 30.2. The zero-order valence-corrected chi connectivity index (χ0v) is 42.6. The molecule has 0 N–H and O–H groups in total. The summed E-state index contributed by atoms with van der Waals surface area (Å²) in [5.41, 5.74) is 0. The Morgan fingerprint density at radius 2 is 1.10 bits per heavy atom. The van der Waals surface area contributed by atoms with Crippen LogP contribution in [0.4, 0.5) is 4.39 Å². The number of carbonyl (C=O) groups excluding carboxylic acids is 1. The third kappa shape index (κ3) is 11.6. The van der Waals surface area contributed by atoms with Gasteiger partial charge in [0, 0.05) is 56.9 Å². The fraction of sp³-hybridized carbons (Fsp3) is 0.611. The van der Waals surface area contributed by atoms with Gasteiger partial charge in [0.25, 0.3) is 0 Å². The second-order valence-corrected chi connectivity index (χ2v) is 22.8. The molecule has 0 aliphatic heterocycles. The van der Waals surface area contributed by atoms with E-state index in [1.165, 1.54) is 129 Å². The number of aryl methyl sites for hydroxylation is 2. The van der Waals surface area contributed by atoms with Gasteiger partial charge in [0.2, 0.25) is 0 Å². The van der Waals surface area contributed by atoms with Gasteiger partial charge >= 0.3 is 0 Å². The highest BCUT2D eigenvalue weighted by Gasteiger charge is 2.30. The van der Waals surface area contributed by atoms with Gasteiger partial charge in [-0.25, -0.2) is 4.39 Å². The summed E-state index contributed by atoms with van der Waals surface area (Å²) in [6, 6.07) is 9.27. The van der Waals surface area contributed by atoms with E-state index in [0.717, 1.165) is 84.0 Å². The molecule has 2 aromatic carbocycles. The Hall–Kier alpha value is -2.52. The summed E-state index contributed by atoms with van der Waals surface area (Å²) < 4.78 is 34.4. The third-order valence-corrected chi connectivity index (χ3v) is 17.9. The first-order valence-electron chi connectivity index (χ1n) is 24.6. The van der Waals surface area contributed by atoms with Gasteiger partial charge in [-0.15, -0.1) is 45.3 Å². The Bertz CT molecular complexity index is 2340. The van der Waals surface area contributed by atoms with Gasteiger partial charge in [-0.3, -0.25) is 4.79 Å². The molecular weight excluding hydrogens is 844 g/mol. The van der Waals surface area contributed by atoms with Gasteiger partial charge in [-0.2, -0.15) is 0 Å². The van der Waals surface area contributed by atoms with E-state index in [2.05, 4.69) is 79.7 Å². The minimum absolute atomic E-state index is 0.0266. The number of halogens is 1. The van der Waals surface area contributed by atoms with Crippen LogP contribution in [0.5, 0.6) is 11.5 Å². The second-order valence-electron chi connectivity index (χ2n) is 18.2. The first kappa shape index (κ1) is 48.9. The van der Waals surface area contributed by atoms with Crippen LogP contribution >= 0.6 is 45.3 Å². The molecule has 0 aliphatic carbocycles. The van der Waals surface area contributed by atoms with E-state index in [1.807, 2.05) is 11.3 Å². The number of rotatable bonds is 29. The highest BCUT2D eigenvalue weighted by molar-refractivity contribution is 7.30. The van der Waals surface area contributed by atoms with Crippen molar-refractivity contribution in [3.8, 4) is 21.3 Å². The van der Waals surface area contributed by atoms with Crippen molar-refractivity contribution in [2.24, 2.45) is 17.8 Å². The number of ether oxygens (including phenoxy) is 2. The van der Waals surface area contributed by atoms with Crippen molar-refractivity contribution in [3.05, 3.63) is 44.7 Å². The lowest BCUT2D eigenvalue weighted by molar-refractivity contribution is 0.0909. The lowest BCUT2D eigenvalue weighted by Crippen LogP contribution is -2.14. The molecule has 4 aromatic heterocycles. The van der Waals surface area contributed by atoms with Crippen LogP contribution in [0.2, 0.25) is 0 Å². The van der Waals surface area contributed by atoms with Crippen molar-refractivity contribution >= 4 is 92.2 Å². The van der Waals surface area contributed by atoms with Crippen LogP contribution < -0.4 is 9.47 Å². The van der Waals surface area contributed by atoms with Crippen LogP contribution in [0.25, 0.3) is 50.8 Å². The number of hydrogen-bond acceptors (Lipinski definition) is 7. The SMILES string of the molecule is CCCCCCC(CCCC)COc1c2cc(C)sc2cc2c(OCC(CCCC)CCCCCC)c3cc(-c4sc(C)c5sc(C(=O)C(CC)CCCC)c(F)c45)sc3cc12. The second kappa shape index (κ2) is 24.1. The van der Waals surface area contributed by atoms with E-state index in [4.69, 9.17) is 9.47 Å². The van der Waals surface area contributed by atoms with Crippen LogP contribution in [0.15, 0.2) is 24.3 Å². The monoisotopic (exact) mass is 918 g/mol. The van der Waals surface area contributed by atoms with E-state index in [1.54, 1.807) is 22.7 Å². The standard InChI is InChI=1S/C54H75FO3S4/c1-9-15-20-22-26-37(24-17-11-3)33-57-50-41-31-45-43(32-46(61-45)53-47-48(55)54(62-52(47)36(8)60-53)49(56)39(14-6)28-19-13-5)51(40(41)30-44-42(50)29-35(7)59-44)58-34-38(25-18-12-4)27-23-21-16-10-2/h29-32,37-39H,9-28,33-34H2,1-8H3. The lowest BCUT2D eigenvalue weighted by Gasteiger charge is -2.21. The molecule has 3 nitrogen and oxygen atoms in total. The molecule has 6 rings (SSSR count). The Morgan fingerprint density at radius 3 is 1.65 bits per heavy atom. The predicted octanol–water partition coefficient (Wildman–Crippen LogP) is 19.7. The van der Waals surface area contributed by atoms with Crippen molar-refractivity contribution < 1.29 is 18.7 Å². The highest BCUT2D eigenvalue weighted by atomic mass is 32.1. The Labute approximate surface area is 389 Å². The summed E-state index contributed by atoms with van der Waals surface area (Å²) in [6.07, 6.45) is 23.3. The zero-order chi connectivity index (χ0) is 44.2. The van der Waals surface area contributed by atoms with Gasteiger partial charge in [-0.05, 0) is 88.5 Å². The maximum atomic E-state index is 16.8. The molecule has 340 valence electrons. The fourth-order valence-corrected chi connectivity index (χ4v) is 14.0. The summed E-state index contributed by atoms with van der Waals surface area (Å²) in [5, 5.41) is 5.12. The third-order valence-electron chi connectivity index (χ3n) is 13.1. The minimum Gasteiger partial charge on any atom is -0.492 e. The molecule has 6 aromatic rings. The minimum atomic E-state index is -0.330. The largest absolute Gasteiger partial charge is 0.492 e. The number of benzene rings is 2. The van der Waals surface area contributed by atoms with Crippen molar-refractivity contribution in [1.82, 2.24) is 0 Å². The molecule has 0 aliphatic rings. The van der Waals surface area contributed by atoms with Crippen LogP contribution in [0.1, 0.15) is 189 Å². The summed E-state index contributed by atoms with van der Waals surface area (Å²) >= 11 is 6.58. The molecule has 0 amide bonds. The number of ketones is 1. The van der Waals surface area contributed by atoms with Gasteiger partial charge < -0.3 is 9.47 Å². The number of carbonyl (C=O) groups is 1. The van der Waals surface area contributed by atoms with Gasteiger partial charge in [-0.1, -0.05) is 131 Å². The normalized spacial score (nSPS) is 13.6. The first-order valence-corrected chi connectivity index (χ1v) is 27.9. The van der Waals surface area contributed by atoms with Crippen molar-refractivity contribution in [1.29, 1.82) is 0 Å². The molecular formula is C54H75FO3S4. The van der Waals surface area contributed by atoms with Gasteiger partial charge in [0.1, 0.15) is 16.4 Å². The van der Waals surface area contributed by atoms with Gasteiger partial charge in [0.15, 0.2) is 11.6 Å². The zero-order valence-electron chi connectivity index (χ0n) is 39.3. The summed E-state index contributed by atoms with van der Waals surface area (Å²) in [5.74, 6) is 2.44. The number of fused-ring (bicyclic) bond motifs is 4. The van der Waals surface area contributed by atoms with Crippen LogP contribution in [0.3, 0.4) is 0 Å². The maximum absolute atomic E-state index is 16.8. The molecule has 0 bridgehead atoms. The number of Topliss-reactive ketones (excluding diaryl/α,β-unsaturated/α-hetero) is 1. The smallest absolute Gasteiger partial charge is 0.178 e. The summed E-state index contributed by atoms with van der Waals surface area (Å²) in [6.45, 7) is 19.0. The maximum Gasteiger partial charge on any atom is 0.178 e. The van der Waals surface area contributed by atoms with E-state index in [9.17, 15) is 4.79 Å². The summed E-state index contributed by atoms with van der Waals surface area (Å²) in [7, 11) is 0. The highest BCUT2D eigenvalue weighted by Crippen LogP contribution is 2.52. The van der Waals surface area contributed by atoms with Gasteiger partial charge in [0.05, 0.1) is 22.8 Å². The average molecular weight is 919 g/mol. The number of hydrogen-bond donors (Lipinski definition) is 0. The van der Waals surface area contributed by atoms with E-state index in [-0.39, 0.29) is 17.5 Å². The average Bonchev–Trinajstić information content (AvgIpc) is 4.04.